The van der Waals surface area contributed by atoms with E-state index in [-0.39, 0.29) is 17.1 Å². The Morgan fingerprint density at radius 1 is 1.32 bits per heavy atom. The first kappa shape index (κ1) is 11.6. The van der Waals surface area contributed by atoms with Crippen LogP contribution in [0, 0.1) is 0 Å². The number of nitrogens with zero attached hydrogens (tertiary/aromatic N) is 1. The first-order chi connectivity index (χ1) is 9.08. The predicted molar refractivity (Wildman–Crippen MR) is 71.5 cm³/mol. The van der Waals surface area contributed by atoms with E-state index in [1.54, 1.807) is 11.0 Å². The highest BCUT2D eigenvalue weighted by molar-refractivity contribution is 5.95. The molecule has 0 bridgehead atoms. The lowest BCUT2D eigenvalue weighted by molar-refractivity contribution is 0.404. The van der Waals surface area contributed by atoms with E-state index in [9.17, 15) is 15.0 Å². The van der Waals surface area contributed by atoms with Gasteiger partial charge < -0.3 is 19.5 Å². The number of hydrogen-bond donors (Lipinski definition) is 2. The maximum absolute atomic E-state index is 11.4. The molecule has 19 heavy (non-hydrogen) atoms. The van der Waals surface area contributed by atoms with Gasteiger partial charge in [0, 0.05) is 23.7 Å². The minimum Gasteiger partial charge on any atom is -0.504 e. The van der Waals surface area contributed by atoms with Crippen molar-refractivity contribution in [1.29, 1.82) is 0 Å². The summed E-state index contributed by atoms with van der Waals surface area (Å²) in [6.45, 7) is 4.60. The molecule has 1 saturated heterocycles. The molecule has 5 heteroatoms. The Balaban J connectivity index is 2.37. The Morgan fingerprint density at radius 3 is 2.79 bits per heavy atom. The fraction of sp³-hybridized carbons (Fsp3) is 0.214. The third-order valence-electron chi connectivity index (χ3n) is 3.34. The van der Waals surface area contributed by atoms with Gasteiger partial charge in [0.25, 0.3) is 0 Å². The molecule has 0 aliphatic carbocycles. The monoisotopic (exact) mass is 259 g/mol. The molecular weight excluding hydrogens is 246 g/mol. The predicted octanol–water partition coefficient (Wildman–Crippen LogP) is 2.32. The normalized spacial score (nSPS) is 15.4. The number of phenolic OH excluding ortho intramolecular Hbond substituents is 2. The van der Waals surface area contributed by atoms with Crippen molar-refractivity contribution < 1.29 is 14.6 Å². The van der Waals surface area contributed by atoms with Crippen molar-refractivity contribution in [3.05, 3.63) is 40.9 Å². The second kappa shape index (κ2) is 4.05. The van der Waals surface area contributed by atoms with E-state index in [1.165, 1.54) is 12.1 Å². The van der Waals surface area contributed by atoms with E-state index in [2.05, 4.69) is 6.58 Å². The van der Waals surface area contributed by atoms with Gasteiger partial charge in [-0.3, -0.25) is 0 Å². The zero-order valence-electron chi connectivity index (χ0n) is 10.2. The van der Waals surface area contributed by atoms with Gasteiger partial charge in [0.2, 0.25) is 0 Å². The summed E-state index contributed by atoms with van der Waals surface area (Å²) in [5.41, 5.74) is 0.915. The number of benzene rings is 1. The first-order valence-electron chi connectivity index (χ1n) is 6.02. The van der Waals surface area contributed by atoms with E-state index in [4.69, 9.17) is 4.42 Å². The maximum Gasteiger partial charge on any atom is 0.336 e. The molecule has 1 aliphatic heterocycles. The molecule has 0 atom stereocenters. The lowest BCUT2D eigenvalue weighted by Gasteiger charge is -2.21. The average molecular weight is 259 g/mol. The molecule has 1 aromatic carbocycles. The quantitative estimate of drug-likeness (QED) is 0.607. The fourth-order valence-corrected chi connectivity index (χ4v) is 2.42. The van der Waals surface area contributed by atoms with E-state index in [0.29, 0.717) is 17.6 Å². The highest BCUT2D eigenvalue weighted by atomic mass is 16.4. The van der Waals surface area contributed by atoms with Gasteiger partial charge in [-0.2, -0.15) is 0 Å². The van der Waals surface area contributed by atoms with Crippen LogP contribution in [-0.2, 0) is 0 Å². The fourth-order valence-electron chi connectivity index (χ4n) is 2.42. The van der Waals surface area contributed by atoms with E-state index in [0.717, 1.165) is 18.5 Å². The molecule has 1 aromatic heterocycles. The number of anilines is 1. The van der Waals surface area contributed by atoms with Crippen molar-refractivity contribution in [3.63, 3.8) is 0 Å². The van der Waals surface area contributed by atoms with Gasteiger partial charge in [0.05, 0.1) is 0 Å². The zero-order chi connectivity index (χ0) is 13.6. The molecule has 98 valence electrons. The summed E-state index contributed by atoms with van der Waals surface area (Å²) in [7, 11) is 0. The zero-order valence-corrected chi connectivity index (χ0v) is 10.2. The van der Waals surface area contributed by atoms with Crippen LogP contribution < -0.4 is 10.5 Å². The number of aromatic hydroxyl groups is 2. The van der Waals surface area contributed by atoms with Gasteiger partial charge in [-0.05, 0) is 25.0 Å². The Hall–Kier alpha value is -2.43. The number of fused-ring (bicyclic) bond motifs is 1. The molecule has 0 unspecified atom stereocenters. The summed E-state index contributed by atoms with van der Waals surface area (Å²) < 4.78 is 5.18. The average Bonchev–Trinajstić information content (AvgIpc) is 2.78. The Morgan fingerprint density at radius 2 is 2.11 bits per heavy atom. The van der Waals surface area contributed by atoms with E-state index in [1.807, 2.05) is 0 Å². The van der Waals surface area contributed by atoms with E-state index < -0.39 is 5.63 Å². The molecule has 0 spiro atoms. The number of allylic oxidation sites excluding steroid dienone is 1. The molecule has 1 aliphatic rings. The van der Waals surface area contributed by atoms with Gasteiger partial charge >= 0.3 is 5.63 Å². The van der Waals surface area contributed by atoms with Crippen LogP contribution in [0.3, 0.4) is 0 Å². The van der Waals surface area contributed by atoms with Crippen molar-refractivity contribution in [1.82, 2.24) is 0 Å². The van der Waals surface area contributed by atoms with E-state index >= 15 is 0 Å². The number of rotatable bonds is 1. The van der Waals surface area contributed by atoms with Crippen LogP contribution in [0.1, 0.15) is 12.8 Å². The van der Waals surface area contributed by atoms with Crippen LogP contribution in [0.5, 0.6) is 11.5 Å². The standard InChI is InChI=1S/C14H13NO4/c1-8-3-2-6-15(8)12-13(18)10(16)7-9-4-5-11(17)19-14(9)12/h4-5,7,16,18H,1-3,6H2. The number of phenols is 2. The first-order valence-corrected chi connectivity index (χ1v) is 6.02. The maximum atomic E-state index is 11.4. The number of hydrogen-bond acceptors (Lipinski definition) is 5. The van der Waals surface area contributed by atoms with Gasteiger partial charge in [0.15, 0.2) is 17.1 Å². The van der Waals surface area contributed by atoms with Gasteiger partial charge in [0.1, 0.15) is 5.69 Å². The van der Waals surface area contributed by atoms with Crippen LogP contribution >= 0.6 is 0 Å². The summed E-state index contributed by atoms with van der Waals surface area (Å²) >= 11 is 0. The SMILES string of the molecule is C=C1CCCN1c1c(O)c(O)cc2ccc(=O)oc12. The van der Waals surface area contributed by atoms with Crippen LogP contribution in [0.15, 0.2) is 39.7 Å². The third kappa shape index (κ3) is 1.74. The minimum atomic E-state index is -0.497. The third-order valence-corrected chi connectivity index (χ3v) is 3.34. The smallest absolute Gasteiger partial charge is 0.336 e. The Labute approximate surface area is 109 Å². The highest BCUT2D eigenvalue weighted by Crippen LogP contribution is 2.44. The van der Waals surface area contributed by atoms with Crippen LogP contribution in [0.2, 0.25) is 0 Å². The van der Waals surface area contributed by atoms with Crippen molar-refractivity contribution in [2.75, 3.05) is 11.4 Å². The van der Waals surface area contributed by atoms with Crippen molar-refractivity contribution >= 4 is 16.7 Å². The molecule has 0 radical (unpaired) electrons. The molecule has 0 saturated carbocycles. The molecule has 1 fully saturated rings. The van der Waals surface area contributed by atoms with Crippen molar-refractivity contribution in [2.24, 2.45) is 0 Å². The Bertz CT molecular complexity index is 732. The van der Waals surface area contributed by atoms with Gasteiger partial charge in [-0.25, -0.2) is 4.79 Å². The minimum absolute atomic E-state index is 0.240. The lowest BCUT2D eigenvalue weighted by atomic mass is 10.1. The topological polar surface area (TPSA) is 73.9 Å². The second-order valence-corrected chi connectivity index (χ2v) is 4.59. The largest absolute Gasteiger partial charge is 0.504 e. The molecule has 2 heterocycles. The Kier molecular flexibility index (Phi) is 2.48. The molecule has 3 rings (SSSR count). The van der Waals surface area contributed by atoms with Gasteiger partial charge in [-0.15, -0.1) is 0 Å². The van der Waals surface area contributed by atoms with Crippen LogP contribution in [0.4, 0.5) is 5.69 Å². The molecule has 0 amide bonds. The summed E-state index contributed by atoms with van der Waals surface area (Å²) in [6.07, 6.45) is 1.72. The van der Waals surface area contributed by atoms with Crippen LogP contribution in [0.25, 0.3) is 11.0 Å². The molecule has 2 aromatic rings. The summed E-state index contributed by atoms with van der Waals surface area (Å²) in [4.78, 5) is 13.2. The van der Waals surface area contributed by atoms with Crippen molar-refractivity contribution in [3.8, 4) is 11.5 Å². The molecular formula is C14H13NO4. The lowest BCUT2D eigenvalue weighted by Crippen LogP contribution is -2.16. The summed E-state index contributed by atoms with van der Waals surface area (Å²) in [6, 6.07) is 4.21. The van der Waals surface area contributed by atoms with Gasteiger partial charge in [-0.1, -0.05) is 6.58 Å². The van der Waals surface area contributed by atoms with Crippen LogP contribution in [-0.4, -0.2) is 16.8 Å². The summed E-state index contributed by atoms with van der Waals surface area (Å²) in [5, 5.41) is 20.4. The van der Waals surface area contributed by atoms with Crippen molar-refractivity contribution in [2.45, 2.75) is 12.8 Å². The molecule has 5 nitrogen and oxygen atoms in total. The highest BCUT2D eigenvalue weighted by Gasteiger charge is 2.25. The summed E-state index contributed by atoms with van der Waals surface area (Å²) in [5.74, 6) is -0.527. The second-order valence-electron chi connectivity index (χ2n) is 4.59. The molecule has 2 N–H and O–H groups in total.